The van der Waals surface area contributed by atoms with Gasteiger partial charge in [-0.3, -0.25) is 0 Å². The lowest BCUT2D eigenvalue weighted by atomic mass is 10.2. The largest absolute Gasteiger partial charge is 0.360 e. The lowest BCUT2D eigenvalue weighted by Gasteiger charge is -2.33. The van der Waals surface area contributed by atoms with E-state index < -0.39 is 0 Å². The first-order chi connectivity index (χ1) is 11.2. The normalized spacial score (nSPS) is 16.6. The highest BCUT2D eigenvalue weighted by Crippen LogP contribution is 2.17. The van der Waals surface area contributed by atoms with Crippen LogP contribution in [-0.2, 0) is 0 Å². The van der Waals surface area contributed by atoms with E-state index in [0.717, 1.165) is 48.3 Å². The van der Waals surface area contributed by atoms with Crippen LogP contribution in [0.2, 0.25) is 5.02 Å². The van der Waals surface area contributed by atoms with Gasteiger partial charge in [-0.2, -0.15) is 0 Å². The van der Waals surface area contributed by atoms with Crippen molar-refractivity contribution in [3.8, 4) is 0 Å². The molecule has 0 atom stereocenters. The van der Waals surface area contributed by atoms with Crippen molar-refractivity contribution in [3.63, 3.8) is 0 Å². The van der Waals surface area contributed by atoms with E-state index in [9.17, 15) is 0 Å². The number of benzene rings is 2. The first-order valence-corrected chi connectivity index (χ1v) is 8.71. The Balaban J connectivity index is 1.53. The molecule has 120 valence electrons. The van der Waals surface area contributed by atoms with Crippen LogP contribution in [-0.4, -0.2) is 32.7 Å². The van der Waals surface area contributed by atoms with E-state index in [1.165, 1.54) is 10.6 Å². The van der Waals surface area contributed by atoms with Crippen molar-refractivity contribution in [1.82, 2.24) is 0 Å². The Morgan fingerprint density at radius 2 is 1.65 bits per heavy atom. The van der Waals surface area contributed by atoms with Crippen molar-refractivity contribution in [2.75, 3.05) is 37.6 Å². The summed E-state index contributed by atoms with van der Waals surface area (Å²) >= 11 is 12.4. The Hall–Kier alpha value is -1.48. The fourth-order valence-corrected chi connectivity index (χ4v) is 3.37. The smallest absolute Gasteiger partial charge is 0.114 e. The zero-order chi connectivity index (χ0) is 16.1. The Bertz CT molecular complexity index is 645. The SMILES string of the molecule is Cl/C(=C/c1ccccc1)C[NH+]1CCN(c2ccc(Cl)cc2)CC1. The molecule has 2 nitrogen and oxygen atoms in total. The molecule has 1 heterocycles. The molecule has 0 saturated carbocycles. The van der Waals surface area contributed by atoms with Crippen LogP contribution < -0.4 is 9.80 Å². The molecule has 0 radical (unpaired) electrons. The highest BCUT2D eigenvalue weighted by atomic mass is 35.5. The quantitative estimate of drug-likeness (QED) is 0.891. The third kappa shape index (κ3) is 4.74. The summed E-state index contributed by atoms with van der Waals surface area (Å²) in [5, 5.41) is 1.71. The Kier molecular flexibility index (Phi) is 5.60. The number of anilines is 1. The summed E-state index contributed by atoms with van der Waals surface area (Å²) in [7, 11) is 0. The van der Waals surface area contributed by atoms with Crippen LogP contribution in [0.15, 0.2) is 59.6 Å². The number of hydrogen-bond donors (Lipinski definition) is 1. The highest BCUT2D eigenvalue weighted by molar-refractivity contribution is 6.31. The molecular weight excluding hydrogens is 327 g/mol. The summed E-state index contributed by atoms with van der Waals surface area (Å²) in [6, 6.07) is 18.3. The number of nitrogens with zero attached hydrogens (tertiary/aromatic N) is 1. The number of nitrogens with one attached hydrogen (secondary N) is 1. The number of hydrogen-bond acceptors (Lipinski definition) is 1. The molecule has 0 aliphatic carbocycles. The van der Waals surface area contributed by atoms with Gasteiger partial charge in [-0.05, 0) is 35.9 Å². The van der Waals surface area contributed by atoms with Gasteiger partial charge in [0.15, 0.2) is 0 Å². The van der Waals surface area contributed by atoms with Crippen molar-refractivity contribution in [1.29, 1.82) is 0 Å². The Morgan fingerprint density at radius 1 is 1.00 bits per heavy atom. The number of quaternary nitrogens is 1. The Labute approximate surface area is 147 Å². The van der Waals surface area contributed by atoms with Crippen molar-refractivity contribution in [3.05, 3.63) is 70.2 Å². The van der Waals surface area contributed by atoms with E-state index >= 15 is 0 Å². The van der Waals surface area contributed by atoms with Gasteiger partial charge in [0.25, 0.3) is 0 Å². The molecule has 1 saturated heterocycles. The maximum Gasteiger partial charge on any atom is 0.114 e. The maximum atomic E-state index is 6.43. The molecule has 1 aliphatic rings. The van der Waals surface area contributed by atoms with Crippen LogP contribution in [0.1, 0.15) is 5.56 Å². The molecule has 0 spiro atoms. The van der Waals surface area contributed by atoms with Gasteiger partial charge in [0.2, 0.25) is 0 Å². The lowest BCUT2D eigenvalue weighted by Crippen LogP contribution is -3.15. The van der Waals surface area contributed by atoms with Crippen molar-refractivity contribution < 1.29 is 4.90 Å². The molecule has 0 aromatic heterocycles. The van der Waals surface area contributed by atoms with Crippen LogP contribution >= 0.6 is 23.2 Å². The molecule has 23 heavy (non-hydrogen) atoms. The molecular formula is C19H21Cl2N2+. The average molecular weight is 348 g/mol. The number of rotatable bonds is 4. The minimum atomic E-state index is 0.788. The zero-order valence-corrected chi connectivity index (χ0v) is 14.5. The van der Waals surface area contributed by atoms with Gasteiger partial charge in [0.1, 0.15) is 6.54 Å². The van der Waals surface area contributed by atoms with Gasteiger partial charge in [0, 0.05) is 10.7 Å². The fourth-order valence-electron chi connectivity index (χ4n) is 2.93. The first-order valence-electron chi connectivity index (χ1n) is 7.96. The second-order valence-electron chi connectivity index (χ2n) is 5.89. The summed E-state index contributed by atoms with van der Waals surface area (Å²) in [4.78, 5) is 3.95. The molecule has 1 aliphatic heterocycles. The molecule has 2 aromatic carbocycles. The summed E-state index contributed by atoms with van der Waals surface area (Å²) < 4.78 is 0. The van der Waals surface area contributed by atoms with E-state index in [1.54, 1.807) is 0 Å². The summed E-state index contributed by atoms with van der Waals surface area (Å²) in [6.45, 7) is 5.19. The van der Waals surface area contributed by atoms with Crippen LogP contribution in [0, 0.1) is 0 Å². The molecule has 2 aromatic rings. The average Bonchev–Trinajstić information content (AvgIpc) is 2.57. The predicted molar refractivity (Wildman–Crippen MR) is 99.5 cm³/mol. The Morgan fingerprint density at radius 3 is 2.30 bits per heavy atom. The minimum absolute atomic E-state index is 0.788. The van der Waals surface area contributed by atoms with Gasteiger partial charge in [-0.15, -0.1) is 0 Å². The van der Waals surface area contributed by atoms with Crippen LogP contribution in [0.3, 0.4) is 0 Å². The molecule has 3 rings (SSSR count). The van der Waals surface area contributed by atoms with Crippen LogP contribution in [0.25, 0.3) is 6.08 Å². The van der Waals surface area contributed by atoms with E-state index in [1.807, 2.05) is 30.3 Å². The van der Waals surface area contributed by atoms with Gasteiger partial charge in [-0.25, -0.2) is 0 Å². The highest BCUT2D eigenvalue weighted by Gasteiger charge is 2.20. The second-order valence-corrected chi connectivity index (χ2v) is 6.81. The molecule has 0 unspecified atom stereocenters. The molecule has 0 bridgehead atoms. The minimum Gasteiger partial charge on any atom is -0.360 e. The molecule has 4 heteroatoms. The maximum absolute atomic E-state index is 6.43. The molecule has 0 amide bonds. The third-order valence-corrected chi connectivity index (χ3v) is 4.70. The van der Waals surface area contributed by atoms with Gasteiger partial charge in [0.05, 0.1) is 31.2 Å². The van der Waals surface area contributed by atoms with Crippen molar-refractivity contribution in [2.24, 2.45) is 0 Å². The summed E-state index contributed by atoms with van der Waals surface area (Å²) in [5.41, 5.74) is 2.41. The topological polar surface area (TPSA) is 7.68 Å². The van der Waals surface area contributed by atoms with E-state index in [0.29, 0.717) is 0 Å². The predicted octanol–water partition coefficient (Wildman–Crippen LogP) is 3.32. The van der Waals surface area contributed by atoms with Crippen LogP contribution in [0.5, 0.6) is 0 Å². The van der Waals surface area contributed by atoms with Crippen LogP contribution in [0.4, 0.5) is 5.69 Å². The lowest BCUT2D eigenvalue weighted by molar-refractivity contribution is -0.895. The first kappa shape index (κ1) is 16.4. The van der Waals surface area contributed by atoms with Gasteiger partial charge in [-0.1, -0.05) is 53.5 Å². The number of piperazine rings is 1. The third-order valence-electron chi connectivity index (χ3n) is 4.20. The summed E-state index contributed by atoms with van der Waals surface area (Å²) in [5.74, 6) is 0. The monoisotopic (exact) mass is 347 g/mol. The van der Waals surface area contributed by atoms with Gasteiger partial charge >= 0.3 is 0 Å². The molecule has 1 N–H and O–H groups in total. The zero-order valence-electron chi connectivity index (χ0n) is 13.0. The van der Waals surface area contributed by atoms with E-state index in [2.05, 4.69) is 35.2 Å². The van der Waals surface area contributed by atoms with E-state index in [-0.39, 0.29) is 0 Å². The van der Waals surface area contributed by atoms with Gasteiger partial charge < -0.3 is 9.80 Å². The van der Waals surface area contributed by atoms with Crippen molar-refractivity contribution in [2.45, 2.75) is 0 Å². The standard InChI is InChI=1S/C19H20Cl2N2/c20-17-6-8-19(9-7-17)23-12-10-22(11-13-23)15-18(21)14-16-4-2-1-3-5-16/h1-9,14H,10-13,15H2/p+1/b18-14+. The number of halogens is 2. The fraction of sp³-hybridized carbons (Fsp3) is 0.263. The van der Waals surface area contributed by atoms with Crippen molar-refractivity contribution >= 4 is 35.0 Å². The molecule has 1 fully saturated rings. The summed E-state index contributed by atoms with van der Waals surface area (Å²) in [6.07, 6.45) is 2.07. The van der Waals surface area contributed by atoms with E-state index in [4.69, 9.17) is 23.2 Å². The second kappa shape index (κ2) is 7.87.